The third kappa shape index (κ3) is 2.71. The lowest BCUT2D eigenvalue weighted by Crippen LogP contribution is -2.44. The van der Waals surface area contributed by atoms with Crippen LogP contribution in [0.4, 0.5) is 0 Å². The Kier molecular flexibility index (Phi) is 3.30. The number of hydrogen-bond donors (Lipinski definition) is 1. The fraction of sp³-hybridized carbons (Fsp3) is 0.786. The summed E-state index contributed by atoms with van der Waals surface area (Å²) >= 11 is 0. The molecule has 0 aromatic carbocycles. The number of hydrogen-bond acceptors (Lipinski definition) is 2. The van der Waals surface area contributed by atoms with E-state index in [2.05, 4.69) is 49.5 Å². The normalized spacial score (nSPS) is 24.8. The number of imidazole rings is 1. The summed E-state index contributed by atoms with van der Waals surface area (Å²) in [4.78, 5) is 4.40. The Morgan fingerprint density at radius 2 is 2.06 bits per heavy atom. The van der Waals surface area contributed by atoms with E-state index >= 15 is 0 Å². The Balaban J connectivity index is 1.97. The van der Waals surface area contributed by atoms with Crippen LogP contribution in [0.1, 0.15) is 51.0 Å². The van der Waals surface area contributed by atoms with Crippen molar-refractivity contribution in [3.63, 3.8) is 0 Å². The summed E-state index contributed by atoms with van der Waals surface area (Å²) in [5.74, 6) is 0.765. The van der Waals surface area contributed by atoms with Gasteiger partial charge in [0.2, 0.25) is 0 Å². The number of aromatic nitrogens is 2. The lowest BCUT2D eigenvalue weighted by Gasteiger charge is -2.40. The van der Waals surface area contributed by atoms with Gasteiger partial charge in [0.25, 0.3) is 0 Å². The summed E-state index contributed by atoms with van der Waals surface area (Å²) in [5.41, 5.74) is 2.72. The summed E-state index contributed by atoms with van der Waals surface area (Å²) in [5, 5.41) is 3.62. The molecule has 3 heteroatoms. The van der Waals surface area contributed by atoms with Gasteiger partial charge in [-0.2, -0.15) is 0 Å². The molecule has 2 rings (SSSR count). The molecule has 0 bridgehead atoms. The number of nitrogens with zero attached hydrogens (tertiary/aromatic N) is 2. The van der Waals surface area contributed by atoms with E-state index in [0.717, 1.165) is 12.5 Å². The van der Waals surface area contributed by atoms with E-state index in [9.17, 15) is 0 Å². The van der Waals surface area contributed by atoms with Gasteiger partial charge < -0.3 is 9.88 Å². The molecule has 1 fully saturated rings. The van der Waals surface area contributed by atoms with Crippen molar-refractivity contribution in [3.05, 3.63) is 17.7 Å². The van der Waals surface area contributed by atoms with Gasteiger partial charge in [0, 0.05) is 23.8 Å². The lowest BCUT2D eigenvalue weighted by molar-refractivity contribution is 0.163. The quantitative estimate of drug-likeness (QED) is 0.873. The van der Waals surface area contributed by atoms with Gasteiger partial charge in [-0.1, -0.05) is 0 Å². The second kappa shape index (κ2) is 4.45. The topological polar surface area (TPSA) is 29.9 Å². The first-order chi connectivity index (χ1) is 7.88. The molecular weight excluding hydrogens is 210 g/mol. The van der Waals surface area contributed by atoms with Gasteiger partial charge in [0.15, 0.2) is 0 Å². The van der Waals surface area contributed by atoms with Crippen LogP contribution in [0, 0.1) is 19.8 Å². The molecular formula is C14H25N3. The average Bonchev–Trinajstić information content (AvgIpc) is 2.47. The highest BCUT2D eigenvalue weighted by Crippen LogP contribution is 2.39. The molecule has 1 saturated carbocycles. The molecule has 0 aliphatic heterocycles. The van der Waals surface area contributed by atoms with Gasteiger partial charge in [-0.3, -0.25) is 0 Å². The Labute approximate surface area is 105 Å². The van der Waals surface area contributed by atoms with E-state index in [1.165, 1.54) is 24.2 Å². The van der Waals surface area contributed by atoms with Gasteiger partial charge >= 0.3 is 0 Å². The van der Waals surface area contributed by atoms with Gasteiger partial charge in [0.05, 0.1) is 12.0 Å². The zero-order valence-electron chi connectivity index (χ0n) is 11.7. The molecule has 2 unspecified atom stereocenters. The third-order valence-corrected chi connectivity index (χ3v) is 3.92. The minimum Gasteiger partial charge on any atom is -0.331 e. The van der Waals surface area contributed by atoms with E-state index < -0.39 is 0 Å². The van der Waals surface area contributed by atoms with Crippen molar-refractivity contribution in [2.75, 3.05) is 6.54 Å². The molecule has 1 aliphatic carbocycles. The molecule has 1 heterocycles. The molecule has 1 aliphatic rings. The van der Waals surface area contributed by atoms with E-state index in [4.69, 9.17) is 0 Å². The van der Waals surface area contributed by atoms with Crippen LogP contribution in [0.2, 0.25) is 0 Å². The molecule has 17 heavy (non-hydrogen) atoms. The number of rotatable bonds is 3. The van der Waals surface area contributed by atoms with Crippen LogP contribution in [-0.2, 0) is 0 Å². The van der Waals surface area contributed by atoms with E-state index in [1.54, 1.807) is 0 Å². The monoisotopic (exact) mass is 235 g/mol. The maximum Gasteiger partial charge on any atom is 0.0954 e. The Hall–Kier alpha value is -0.830. The SMILES string of the molecule is Cc1ncn(C2CCC2CNC(C)(C)C)c1C. The van der Waals surface area contributed by atoms with Crippen LogP contribution in [0.25, 0.3) is 0 Å². The van der Waals surface area contributed by atoms with Crippen LogP contribution in [0.3, 0.4) is 0 Å². The van der Waals surface area contributed by atoms with E-state index in [0.29, 0.717) is 6.04 Å². The standard InChI is InChI=1S/C14H25N3/c1-10-11(2)17(9-15-10)13-7-6-12(13)8-16-14(3,4)5/h9,12-13,16H,6-8H2,1-5H3. The van der Waals surface area contributed by atoms with E-state index in [-0.39, 0.29) is 5.54 Å². The van der Waals surface area contributed by atoms with Gasteiger partial charge in [-0.15, -0.1) is 0 Å². The molecule has 0 spiro atoms. The maximum atomic E-state index is 4.40. The predicted molar refractivity (Wildman–Crippen MR) is 71.2 cm³/mol. The van der Waals surface area contributed by atoms with Gasteiger partial charge in [-0.25, -0.2) is 4.98 Å². The fourth-order valence-corrected chi connectivity index (χ4v) is 2.44. The van der Waals surface area contributed by atoms with Crippen molar-refractivity contribution in [3.8, 4) is 0 Å². The second-order valence-electron chi connectivity index (χ2n) is 6.36. The van der Waals surface area contributed by atoms with Crippen molar-refractivity contribution in [1.82, 2.24) is 14.9 Å². The molecule has 2 atom stereocenters. The van der Waals surface area contributed by atoms with Gasteiger partial charge in [0.1, 0.15) is 0 Å². The fourth-order valence-electron chi connectivity index (χ4n) is 2.44. The predicted octanol–water partition coefficient (Wildman–Crippen LogP) is 2.84. The smallest absolute Gasteiger partial charge is 0.0954 e. The summed E-state index contributed by atoms with van der Waals surface area (Å²) in [6.45, 7) is 12.1. The molecule has 1 aromatic heterocycles. The zero-order chi connectivity index (χ0) is 12.6. The Bertz CT molecular complexity index is 387. The first kappa shape index (κ1) is 12.6. The third-order valence-electron chi connectivity index (χ3n) is 3.92. The van der Waals surface area contributed by atoms with Crippen LogP contribution >= 0.6 is 0 Å². The molecule has 0 radical (unpaired) electrons. The minimum absolute atomic E-state index is 0.222. The molecule has 1 N–H and O–H groups in total. The average molecular weight is 235 g/mol. The molecule has 0 amide bonds. The molecule has 0 saturated heterocycles. The summed E-state index contributed by atoms with van der Waals surface area (Å²) < 4.78 is 2.37. The largest absolute Gasteiger partial charge is 0.331 e. The van der Waals surface area contributed by atoms with Crippen LogP contribution in [0.5, 0.6) is 0 Å². The van der Waals surface area contributed by atoms with Crippen molar-refractivity contribution in [2.24, 2.45) is 5.92 Å². The number of nitrogens with one attached hydrogen (secondary N) is 1. The lowest BCUT2D eigenvalue weighted by atomic mass is 9.78. The highest BCUT2D eigenvalue weighted by atomic mass is 15.1. The first-order valence-electron chi connectivity index (χ1n) is 6.63. The van der Waals surface area contributed by atoms with Crippen LogP contribution in [0.15, 0.2) is 6.33 Å². The second-order valence-corrected chi connectivity index (χ2v) is 6.36. The van der Waals surface area contributed by atoms with E-state index in [1.807, 2.05) is 6.33 Å². The highest BCUT2D eigenvalue weighted by Gasteiger charge is 2.33. The molecule has 1 aromatic rings. The summed E-state index contributed by atoms with van der Waals surface area (Å²) in [6, 6.07) is 0.658. The minimum atomic E-state index is 0.222. The van der Waals surface area contributed by atoms with Gasteiger partial charge in [-0.05, 0) is 53.4 Å². The molecule has 3 nitrogen and oxygen atoms in total. The van der Waals surface area contributed by atoms with Crippen molar-refractivity contribution in [2.45, 2.75) is 59.0 Å². The van der Waals surface area contributed by atoms with Crippen molar-refractivity contribution < 1.29 is 0 Å². The number of aryl methyl sites for hydroxylation is 1. The van der Waals surface area contributed by atoms with Crippen LogP contribution < -0.4 is 5.32 Å². The Morgan fingerprint density at radius 1 is 1.35 bits per heavy atom. The summed E-state index contributed by atoms with van der Waals surface area (Å²) in [6.07, 6.45) is 4.65. The van der Waals surface area contributed by atoms with Crippen molar-refractivity contribution in [1.29, 1.82) is 0 Å². The molecule has 96 valence electrons. The van der Waals surface area contributed by atoms with Crippen molar-refractivity contribution >= 4 is 0 Å². The zero-order valence-corrected chi connectivity index (χ0v) is 11.7. The Morgan fingerprint density at radius 3 is 2.47 bits per heavy atom. The maximum absolute atomic E-state index is 4.40. The van der Waals surface area contributed by atoms with Crippen LogP contribution in [-0.4, -0.2) is 21.6 Å². The first-order valence-corrected chi connectivity index (χ1v) is 6.63. The highest BCUT2D eigenvalue weighted by molar-refractivity contribution is 5.11. The summed E-state index contributed by atoms with van der Waals surface area (Å²) in [7, 11) is 0.